The number of nitrogens with zero attached hydrogens (tertiary/aromatic N) is 3. The van der Waals surface area contributed by atoms with Crippen molar-refractivity contribution >= 4 is 17.5 Å². The molecule has 0 saturated carbocycles. The largest absolute Gasteiger partial charge is 0.496 e. The van der Waals surface area contributed by atoms with Gasteiger partial charge >= 0.3 is 0 Å². The SMILES string of the molecule is CNC(=O)c1ccc([C@H](C)CNc2cc(-c3ccc(N[C@@H](C)CO)nc3)ncn2)c(OC)c1. The topological polar surface area (TPSA) is 121 Å². The third kappa shape index (κ3) is 6.17. The van der Waals surface area contributed by atoms with Crippen molar-refractivity contribution in [3.8, 4) is 17.0 Å². The van der Waals surface area contributed by atoms with Crippen LogP contribution < -0.4 is 20.7 Å². The fourth-order valence-electron chi connectivity index (χ4n) is 3.31. The van der Waals surface area contributed by atoms with Crippen molar-refractivity contribution in [2.45, 2.75) is 25.8 Å². The number of amides is 1. The number of rotatable bonds is 10. The molecule has 0 bridgehead atoms. The number of benzene rings is 1. The minimum atomic E-state index is -0.152. The Morgan fingerprint density at radius 1 is 1.09 bits per heavy atom. The molecular formula is C24H30N6O3. The van der Waals surface area contributed by atoms with Gasteiger partial charge in [-0.1, -0.05) is 13.0 Å². The minimum Gasteiger partial charge on any atom is -0.496 e. The zero-order valence-corrected chi connectivity index (χ0v) is 19.3. The number of carbonyl (C=O) groups excluding carboxylic acids is 1. The first kappa shape index (κ1) is 23.9. The van der Waals surface area contributed by atoms with Gasteiger partial charge in [0.25, 0.3) is 5.91 Å². The molecule has 0 saturated heterocycles. The number of methoxy groups -OCH3 is 1. The maximum absolute atomic E-state index is 11.9. The second-order valence-corrected chi connectivity index (χ2v) is 7.77. The molecule has 1 amide bonds. The van der Waals surface area contributed by atoms with Crippen molar-refractivity contribution in [2.75, 3.05) is 37.9 Å². The quantitative estimate of drug-likeness (QED) is 0.372. The van der Waals surface area contributed by atoms with Crippen molar-refractivity contribution in [1.29, 1.82) is 0 Å². The van der Waals surface area contributed by atoms with Crippen LogP contribution in [0.1, 0.15) is 35.7 Å². The van der Waals surface area contributed by atoms with E-state index in [-0.39, 0.29) is 24.5 Å². The molecule has 0 aliphatic carbocycles. The van der Waals surface area contributed by atoms with Crippen LogP contribution in [-0.2, 0) is 0 Å². The molecule has 0 aliphatic heterocycles. The molecule has 3 aromatic rings. The first-order valence-corrected chi connectivity index (χ1v) is 10.7. The van der Waals surface area contributed by atoms with Gasteiger partial charge in [-0.05, 0) is 36.8 Å². The highest BCUT2D eigenvalue weighted by atomic mass is 16.5. The molecule has 9 heteroatoms. The van der Waals surface area contributed by atoms with E-state index in [0.29, 0.717) is 29.5 Å². The average molecular weight is 451 g/mol. The van der Waals surface area contributed by atoms with Gasteiger partial charge < -0.3 is 25.8 Å². The lowest BCUT2D eigenvalue weighted by Gasteiger charge is -2.17. The normalized spacial score (nSPS) is 12.5. The zero-order valence-electron chi connectivity index (χ0n) is 19.3. The molecule has 3 rings (SSSR count). The molecule has 0 aliphatic rings. The Morgan fingerprint density at radius 3 is 2.58 bits per heavy atom. The van der Waals surface area contributed by atoms with E-state index in [1.54, 1.807) is 32.5 Å². The smallest absolute Gasteiger partial charge is 0.251 e. The molecule has 0 fully saturated rings. The Hall–Kier alpha value is -3.72. The van der Waals surface area contributed by atoms with Crippen LogP contribution in [0.4, 0.5) is 11.6 Å². The van der Waals surface area contributed by atoms with Crippen molar-refractivity contribution in [3.05, 3.63) is 60.0 Å². The number of ether oxygens (including phenoxy) is 1. The number of carbonyl (C=O) groups is 1. The predicted molar refractivity (Wildman–Crippen MR) is 129 cm³/mol. The van der Waals surface area contributed by atoms with Gasteiger partial charge in [-0.25, -0.2) is 15.0 Å². The molecule has 2 aromatic heterocycles. The second-order valence-electron chi connectivity index (χ2n) is 7.77. The predicted octanol–water partition coefficient (Wildman–Crippen LogP) is 2.92. The highest BCUT2D eigenvalue weighted by molar-refractivity contribution is 5.94. The summed E-state index contributed by atoms with van der Waals surface area (Å²) in [5.74, 6) is 2.02. The summed E-state index contributed by atoms with van der Waals surface area (Å²) in [6.45, 7) is 4.61. The molecule has 0 spiro atoms. The fraction of sp³-hybridized carbons (Fsp3) is 0.333. The van der Waals surface area contributed by atoms with Gasteiger partial charge in [0.05, 0.1) is 19.4 Å². The summed E-state index contributed by atoms with van der Waals surface area (Å²) in [5.41, 5.74) is 3.17. The maximum atomic E-state index is 11.9. The molecular weight excluding hydrogens is 420 g/mol. The van der Waals surface area contributed by atoms with Crippen LogP contribution in [0.3, 0.4) is 0 Å². The van der Waals surface area contributed by atoms with Gasteiger partial charge in [-0.3, -0.25) is 4.79 Å². The van der Waals surface area contributed by atoms with Gasteiger partial charge in [-0.2, -0.15) is 0 Å². The second kappa shape index (κ2) is 11.2. The van der Waals surface area contributed by atoms with Crippen LogP contribution in [0, 0.1) is 0 Å². The lowest BCUT2D eigenvalue weighted by Crippen LogP contribution is -2.19. The summed E-state index contributed by atoms with van der Waals surface area (Å²) in [4.78, 5) is 25.0. The third-order valence-corrected chi connectivity index (χ3v) is 5.24. The molecule has 4 N–H and O–H groups in total. The summed E-state index contributed by atoms with van der Waals surface area (Å²) in [6, 6.07) is 11.0. The lowest BCUT2D eigenvalue weighted by atomic mass is 9.98. The minimum absolute atomic E-state index is 0.0346. The molecule has 33 heavy (non-hydrogen) atoms. The number of aliphatic hydroxyl groups is 1. The van der Waals surface area contributed by atoms with Crippen LogP contribution >= 0.6 is 0 Å². The number of aromatic nitrogens is 3. The Balaban J connectivity index is 1.68. The maximum Gasteiger partial charge on any atom is 0.251 e. The highest BCUT2D eigenvalue weighted by Gasteiger charge is 2.15. The number of nitrogens with one attached hydrogen (secondary N) is 3. The van der Waals surface area contributed by atoms with Crippen LogP contribution in [0.25, 0.3) is 11.3 Å². The zero-order chi connectivity index (χ0) is 23.8. The first-order valence-electron chi connectivity index (χ1n) is 10.7. The summed E-state index contributed by atoms with van der Waals surface area (Å²) in [5, 5.41) is 18.2. The van der Waals surface area contributed by atoms with Crippen LogP contribution in [0.15, 0.2) is 48.9 Å². The van der Waals surface area contributed by atoms with Gasteiger partial charge in [0.1, 0.15) is 23.7 Å². The standard InChI is InChI=1S/C24H30N6O3/c1-15(19-7-5-17(24(32)25-3)9-21(19)33-4)11-26-23-10-20(28-14-29-23)18-6-8-22(27-12-18)30-16(2)13-31/h5-10,12,14-16,31H,11,13H2,1-4H3,(H,25,32)(H,27,30)(H,26,28,29)/t15-,16+/m1/s1. The van der Waals surface area contributed by atoms with E-state index in [1.807, 2.05) is 31.2 Å². The van der Waals surface area contributed by atoms with E-state index < -0.39 is 0 Å². The highest BCUT2D eigenvalue weighted by Crippen LogP contribution is 2.28. The summed E-state index contributed by atoms with van der Waals surface area (Å²) in [6.07, 6.45) is 3.25. The van der Waals surface area contributed by atoms with Crippen molar-refractivity contribution < 1.29 is 14.6 Å². The van der Waals surface area contributed by atoms with E-state index in [0.717, 1.165) is 16.8 Å². The molecule has 2 atom stereocenters. The molecule has 1 aromatic carbocycles. The van der Waals surface area contributed by atoms with E-state index in [9.17, 15) is 4.79 Å². The number of pyridine rings is 1. The number of aliphatic hydroxyl groups excluding tert-OH is 1. The molecule has 174 valence electrons. The lowest BCUT2D eigenvalue weighted by molar-refractivity contribution is 0.0962. The van der Waals surface area contributed by atoms with Crippen LogP contribution in [0.2, 0.25) is 0 Å². The fourth-order valence-corrected chi connectivity index (χ4v) is 3.31. The van der Waals surface area contributed by atoms with Crippen molar-refractivity contribution in [2.24, 2.45) is 0 Å². The Kier molecular flexibility index (Phi) is 8.15. The van der Waals surface area contributed by atoms with E-state index in [2.05, 4.69) is 37.8 Å². The summed E-state index contributed by atoms with van der Waals surface area (Å²) < 4.78 is 5.51. The number of hydrogen-bond donors (Lipinski definition) is 4. The van der Waals surface area contributed by atoms with Gasteiger partial charge in [0.15, 0.2) is 0 Å². The molecule has 0 radical (unpaired) electrons. The number of anilines is 2. The molecule has 9 nitrogen and oxygen atoms in total. The van der Waals surface area contributed by atoms with Crippen LogP contribution in [0.5, 0.6) is 5.75 Å². The monoisotopic (exact) mass is 450 g/mol. The number of hydrogen-bond acceptors (Lipinski definition) is 8. The van der Waals surface area contributed by atoms with Gasteiger partial charge in [0.2, 0.25) is 0 Å². The first-order chi connectivity index (χ1) is 15.9. The Morgan fingerprint density at radius 2 is 1.91 bits per heavy atom. The van der Waals surface area contributed by atoms with E-state index in [4.69, 9.17) is 9.84 Å². The van der Waals surface area contributed by atoms with Gasteiger partial charge in [-0.15, -0.1) is 0 Å². The average Bonchev–Trinajstić information content (AvgIpc) is 2.86. The Bertz CT molecular complexity index is 1070. The third-order valence-electron chi connectivity index (χ3n) is 5.24. The van der Waals surface area contributed by atoms with Crippen LogP contribution in [-0.4, -0.2) is 59.3 Å². The van der Waals surface area contributed by atoms with Crippen molar-refractivity contribution in [1.82, 2.24) is 20.3 Å². The molecule has 0 unspecified atom stereocenters. The van der Waals surface area contributed by atoms with Crippen molar-refractivity contribution in [3.63, 3.8) is 0 Å². The van der Waals surface area contributed by atoms with Gasteiger partial charge in [0, 0.05) is 48.9 Å². The molecule has 2 heterocycles. The summed E-state index contributed by atoms with van der Waals surface area (Å²) >= 11 is 0. The Labute approximate surface area is 193 Å². The van der Waals surface area contributed by atoms with E-state index in [1.165, 1.54) is 6.33 Å². The summed E-state index contributed by atoms with van der Waals surface area (Å²) in [7, 11) is 3.20. The van der Waals surface area contributed by atoms with E-state index >= 15 is 0 Å².